The average molecular weight is 266 g/mol. The van der Waals surface area contributed by atoms with Gasteiger partial charge >= 0.3 is 12.0 Å². The van der Waals surface area contributed by atoms with Crippen molar-refractivity contribution in [3.8, 4) is 0 Å². The van der Waals surface area contributed by atoms with Crippen LogP contribution in [0.2, 0.25) is 0 Å². The van der Waals surface area contributed by atoms with Crippen LogP contribution >= 0.6 is 0 Å². The van der Waals surface area contributed by atoms with Crippen LogP contribution < -0.4 is 10.6 Å². The van der Waals surface area contributed by atoms with E-state index in [1.807, 2.05) is 14.0 Å². The van der Waals surface area contributed by atoms with E-state index in [0.717, 1.165) is 11.3 Å². The summed E-state index contributed by atoms with van der Waals surface area (Å²) in [5, 5.41) is 17.9. The molecule has 2 amide bonds. The summed E-state index contributed by atoms with van der Waals surface area (Å²) in [6.07, 6.45) is 3.28. The lowest BCUT2D eigenvalue weighted by molar-refractivity contribution is -0.139. The molecule has 3 N–H and O–H groups in total. The molecule has 1 rings (SSSR count). The number of carbonyl (C=O) groups excluding carboxylic acids is 1. The van der Waals surface area contributed by atoms with Crippen molar-refractivity contribution in [2.45, 2.75) is 25.9 Å². The Labute approximate surface area is 111 Å². The molecule has 19 heavy (non-hydrogen) atoms. The minimum Gasteiger partial charge on any atom is -0.480 e. The molecule has 7 nitrogen and oxygen atoms in total. The number of rotatable bonds is 6. The van der Waals surface area contributed by atoms with E-state index in [4.69, 9.17) is 5.11 Å². The van der Waals surface area contributed by atoms with Gasteiger partial charge in [-0.1, -0.05) is 6.08 Å². The number of aliphatic carboxylic acids is 1. The summed E-state index contributed by atoms with van der Waals surface area (Å²) in [6, 6.07) is -1.50. The highest BCUT2D eigenvalue weighted by Gasteiger charge is 2.18. The first-order valence-electron chi connectivity index (χ1n) is 5.81. The average Bonchev–Trinajstić information content (AvgIpc) is 2.67. The molecule has 0 radical (unpaired) electrons. The zero-order chi connectivity index (χ0) is 14.4. The van der Waals surface area contributed by atoms with Crippen LogP contribution in [0.25, 0.3) is 0 Å². The Bertz CT molecular complexity index is 481. The number of carboxylic acids is 1. The minimum atomic E-state index is -1.09. The first-order chi connectivity index (χ1) is 8.95. The quantitative estimate of drug-likeness (QED) is 0.655. The van der Waals surface area contributed by atoms with Crippen molar-refractivity contribution in [1.82, 2.24) is 20.4 Å². The van der Waals surface area contributed by atoms with Gasteiger partial charge in [0.15, 0.2) is 0 Å². The molecule has 1 atom stereocenters. The van der Waals surface area contributed by atoms with Gasteiger partial charge < -0.3 is 15.7 Å². The van der Waals surface area contributed by atoms with E-state index in [1.165, 1.54) is 6.08 Å². The van der Waals surface area contributed by atoms with Crippen molar-refractivity contribution in [1.29, 1.82) is 0 Å². The van der Waals surface area contributed by atoms with Gasteiger partial charge in [0.05, 0.1) is 6.20 Å². The smallest absolute Gasteiger partial charge is 0.326 e. The summed E-state index contributed by atoms with van der Waals surface area (Å²) in [6.45, 7) is 5.64. The van der Waals surface area contributed by atoms with Crippen LogP contribution in [0.3, 0.4) is 0 Å². The van der Waals surface area contributed by atoms with Gasteiger partial charge in [-0.2, -0.15) is 5.10 Å². The van der Waals surface area contributed by atoms with Crippen molar-refractivity contribution >= 4 is 12.0 Å². The van der Waals surface area contributed by atoms with Gasteiger partial charge in [-0.25, -0.2) is 9.59 Å². The van der Waals surface area contributed by atoms with E-state index >= 15 is 0 Å². The molecule has 0 aromatic carbocycles. The number of aromatic nitrogens is 2. The maximum absolute atomic E-state index is 11.6. The van der Waals surface area contributed by atoms with Crippen molar-refractivity contribution in [2.75, 3.05) is 0 Å². The first-order valence-corrected chi connectivity index (χ1v) is 5.81. The lowest BCUT2D eigenvalue weighted by Crippen LogP contribution is -2.45. The number of amides is 2. The van der Waals surface area contributed by atoms with E-state index in [0.29, 0.717) is 6.54 Å². The van der Waals surface area contributed by atoms with E-state index in [2.05, 4.69) is 22.3 Å². The number of hydrogen-bond donors (Lipinski definition) is 3. The number of hydrogen-bond acceptors (Lipinski definition) is 3. The van der Waals surface area contributed by atoms with Crippen molar-refractivity contribution in [2.24, 2.45) is 7.05 Å². The Morgan fingerprint density at radius 1 is 1.63 bits per heavy atom. The molecule has 0 saturated carbocycles. The molecule has 0 aliphatic rings. The van der Waals surface area contributed by atoms with Gasteiger partial charge in [0.1, 0.15) is 6.04 Å². The third-order valence-electron chi connectivity index (χ3n) is 2.78. The highest BCUT2D eigenvalue weighted by atomic mass is 16.4. The number of carboxylic acid groups (broad SMARTS) is 1. The Kier molecular flexibility index (Phi) is 5.11. The number of nitrogens with one attached hydrogen (secondary N) is 2. The predicted octanol–water partition coefficient (Wildman–Crippen LogP) is 0.557. The summed E-state index contributed by atoms with van der Waals surface area (Å²) in [7, 11) is 1.81. The molecular weight excluding hydrogens is 248 g/mol. The SMILES string of the molecule is C=CCC(NC(=O)NCc1cnn(C)c1C)C(=O)O. The molecule has 0 bridgehead atoms. The lowest BCUT2D eigenvalue weighted by Gasteiger charge is -2.13. The largest absolute Gasteiger partial charge is 0.480 e. The fourth-order valence-corrected chi connectivity index (χ4v) is 1.49. The molecule has 0 aliphatic carbocycles. The zero-order valence-electron chi connectivity index (χ0n) is 11.0. The van der Waals surface area contributed by atoms with Gasteiger partial charge in [-0.15, -0.1) is 6.58 Å². The van der Waals surface area contributed by atoms with Crippen LogP contribution in [-0.2, 0) is 18.4 Å². The fraction of sp³-hybridized carbons (Fsp3) is 0.417. The van der Waals surface area contributed by atoms with E-state index in [1.54, 1.807) is 10.9 Å². The second-order valence-electron chi connectivity index (χ2n) is 4.12. The lowest BCUT2D eigenvalue weighted by atomic mass is 10.2. The molecule has 0 fully saturated rings. The predicted molar refractivity (Wildman–Crippen MR) is 69.6 cm³/mol. The summed E-state index contributed by atoms with van der Waals surface area (Å²) in [5.74, 6) is -1.09. The zero-order valence-corrected chi connectivity index (χ0v) is 11.0. The maximum Gasteiger partial charge on any atom is 0.326 e. The topological polar surface area (TPSA) is 96.3 Å². The first kappa shape index (κ1) is 14.7. The molecule has 0 saturated heterocycles. The second-order valence-corrected chi connectivity index (χ2v) is 4.12. The molecular formula is C12H18N4O3. The van der Waals surface area contributed by atoms with Crippen molar-refractivity contribution < 1.29 is 14.7 Å². The maximum atomic E-state index is 11.6. The normalized spacial score (nSPS) is 11.7. The van der Waals surface area contributed by atoms with Crippen molar-refractivity contribution in [3.63, 3.8) is 0 Å². The molecule has 7 heteroatoms. The molecule has 1 aromatic heterocycles. The van der Waals surface area contributed by atoms with E-state index in [9.17, 15) is 9.59 Å². The van der Waals surface area contributed by atoms with Crippen LogP contribution in [0.15, 0.2) is 18.9 Å². The van der Waals surface area contributed by atoms with Crippen molar-refractivity contribution in [3.05, 3.63) is 30.1 Å². The van der Waals surface area contributed by atoms with Crippen LogP contribution in [-0.4, -0.2) is 32.9 Å². The summed E-state index contributed by atoms with van der Waals surface area (Å²) in [5.41, 5.74) is 1.83. The monoisotopic (exact) mass is 266 g/mol. The molecule has 1 unspecified atom stereocenters. The molecule has 0 spiro atoms. The van der Waals surface area contributed by atoms with Gasteiger partial charge in [-0.05, 0) is 13.3 Å². The highest BCUT2D eigenvalue weighted by molar-refractivity contribution is 5.82. The number of urea groups is 1. The molecule has 104 valence electrons. The van der Waals surface area contributed by atoms with Crippen LogP contribution in [0, 0.1) is 6.92 Å². The standard InChI is InChI=1S/C12H18N4O3/c1-4-5-10(11(17)18)15-12(19)13-6-9-7-14-16(3)8(9)2/h4,7,10H,1,5-6H2,2-3H3,(H,17,18)(H2,13,15,19). The molecule has 1 aromatic rings. The van der Waals surface area contributed by atoms with Crippen LogP contribution in [0.5, 0.6) is 0 Å². The van der Waals surface area contributed by atoms with Gasteiger partial charge in [-0.3, -0.25) is 4.68 Å². The minimum absolute atomic E-state index is 0.175. The summed E-state index contributed by atoms with van der Waals surface area (Å²) >= 11 is 0. The third-order valence-corrected chi connectivity index (χ3v) is 2.78. The van der Waals surface area contributed by atoms with Gasteiger partial charge in [0.25, 0.3) is 0 Å². The molecule has 1 heterocycles. The summed E-state index contributed by atoms with van der Waals surface area (Å²) < 4.78 is 1.70. The highest BCUT2D eigenvalue weighted by Crippen LogP contribution is 2.04. The van der Waals surface area contributed by atoms with Crippen LogP contribution in [0.1, 0.15) is 17.7 Å². The van der Waals surface area contributed by atoms with E-state index < -0.39 is 18.0 Å². The number of aryl methyl sites for hydroxylation is 1. The van der Waals surface area contributed by atoms with Gasteiger partial charge in [0.2, 0.25) is 0 Å². The van der Waals surface area contributed by atoms with E-state index in [-0.39, 0.29) is 6.42 Å². The number of carbonyl (C=O) groups is 2. The Hall–Kier alpha value is -2.31. The second kappa shape index (κ2) is 6.58. The number of nitrogens with zero attached hydrogens (tertiary/aromatic N) is 2. The Morgan fingerprint density at radius 3 is 2.79 bits per heavy atom. The fourth-order valence-electron chi connectivity index (χ4n) is 1.49. The Balaban J connectivity index is 2.49. The van der Waals surface area contributed by atoms with Crippen LogP contribution in [0.4, 0.5) is 4.79 Å². The van der Waals surface area contributed by atoms with Gasteiger partial charge in [0, 0.05) is 24.8 Å². The third kappa shape index (κ3) is 4.13. The Morgan fingerprint density at radius 2 is 2.32 bits per heavy atom. The molecule has 0 aliphatic heterocycles. The summed E-state index contributed by atoms with van der Waals surface area (Å²) in [4.78, 5) is 22.4.